The van der Waals surface area contributed by atoms with Gasteiger partial charge in [-0.2, -0.15) is 20.0 Å². The Morgan fingerprint density at radius 3 is 0.842 bits per heavy atom. The van der Waals surface area contributed by atoms with Crippen molar-refractivity contribution in [1.82, 2.24) is 39.6 Å². The number of carboxylic acids is 4. The molecule has 0 bridgehead atoms. The number of aliphatic carboxylic acids is 4. The van der Waals surface area contributed by atoms with Crippen LogP contribution in [0.2, 0.25) is 0 Å². The number of rotatable bonds is 4. The van der Waals surface area contributed by atoms with Crippen molar-refractivity contribution in [1.29, 1.82) is 0 Å². The normalized spacial score (nSPS) is 37.9. The largest absolute Gasteiger partial charge is 0.478 e. The van der Waals surface area contributed by atoms with Gasteiger partial charge in [0.15, 0.2) is 0 Å². The van der Waals surface area contributed by atoms with Crippen molar-refractivity contribution in [2.24, 2.45) is 0 Å². The molecule has 4 N–H and O–H groups in total. The summed E-state index contributed by atoms with van der Waals surface area (Å²) in [6, 6.07) is -5.90. The standard InChI is InChI=1S/C18H16N8O12/c27-7(28)15-17(9(31)32)23-11(35)19(15)3-1-4-20(15)12(36)24(17)26-14(38)22-6-2-5-21-13(37)25(23)18(26,10(33)34)16(21,22)8(29)30/h1-6H2,(H,27,28)(H,29,30)(H,31,32)(H,33,34). The van der Waals surface area contributed by atoms with Gasteiger partial charge in [0.05, 0.1) is 0 Å². The zero-order valence-electron chi connectivity index (χ0n) is 18.9. The fourth-order valence-corrected chi connectivity index (χ4v) is 7.52. The van der Waals surface area contributed by atoms with Crippen LogP contribution in [0.4, 0.5) is 19.2 Å². The molecule has 0 aromatic rings. The van der Waals surface area contributed by atoms with E-state index in [0.29, 0.717) is 19.6 Å². The smallest absolute Gasteiger partial charge is 0.360 e. The molecule has 7 heterocycles. The molecule has 20 heteroatoms. The van der Waals surface area contributed by atoms with E-state index in [0.717, 1.165) is 0 Å². The lowest BCUT2D eigenvalue weighted by Crippen LogP contribution is -2.89. The second-order valence-electron chi connectivity index (χ2n) is 9.60. The van der Waals surface area contributed by atoms with Gasteiger partial charge in [-0.1, -0.05) is 0 Å². The highest BCUT2D eigenvalue weighted by Crippen LogP contribution is 2.65. The van der Waals surface area contributed by atoms with Crippen LogP contribution < -0.4 is 0 Å². The second kappa shape index (κ2) is 5.75. The predicted octanol–water partition coefficient (Wildman–Crippen LogP) is -3.29. The zero-order chi connectivity index (χ0) is 27.5. The highest BCUT2D eigenvalue weighted by atomic mass is 16.4. The van der Waals surface area contributed by atoms with Crippen LogP contribution >= 0.6 is 0 Å². The quantitative estimate of drug-likeness (QED) is 0.276. The van der Waals surface area contributed by atoms with Crippen LogP contribution in [0.15, 0.2) is 0 Å². The summed E-state index contributed by atoms with van der Waals surface area (Å²) < 4.78 is 0. The number of carbonyl (C=O) groups excluding carboxylic acids is 4. The molecule has 0 spiro atoms. The van der Waals surface area contributed by atoms with Gasteiger partial charge in [0.25, 0.3) is 11.3 Å². The molecule has 0 unspecified atom stereocenters. The minimum absolute atomic E-state index is 0.0207. The van der Waals surface area contributed by atoms with E-state index < -0.39 is 96.8 Å². The monoisotopic (exact) mass is 536 g/mol. The van der Waals surface area contributed by atoms with Crippen molar-refractivity contribution >= 4 is 48.0 Å². The average Bonchev–Trinajstić information content (AvgIpc) is 3.45. The summed E-state index contributed by atoms with van der Waals surface area (Å²) in [7, 11) is 0. The first-order chi connectivity index (χ1) is 17.9. The zero-order valence-corrected chi connectivity index (χ0v) is 18.9. The summed E-state index contributed by atoms with van der Waals surface area (Å²) in [6.07, 6.45) is -0.0413. The van der Waals surface area contributed by atoms with E-state index in [1.165, 1.54) is 0 Å². The maximum absolute atomic E-state index is 13.9. The molecular formula is C18H16N8O12. The van der Waals surface area contributed by atoms with Crippen LogP contribution in [0.3, 0.4) is 0 Å². The Hall–Kier alpha value is -5.04. The molecule has 38 heavy (non-hydrogen) atoms. The summed E-state index contributed by atoms with van der Waals surface area (Å²) in [6.45, 7) is -1.65. The molecule has 7 saturated heterocycles. The second-order valence-corrected chi connectivity index (χ2v) is 9.60. The topological polar surface area (TPSA) is 243 Å². The Bertz CT molecular complexity index is 1220. The number of amides is 8. The Morgan fingerprint density at radius 2 is 0.658 bits per heavy atom. The van der Waals surface area contributed by atoms with Crippen molar-refractivity contribution in [3.8, 4) is 0 Å². The molecule has 0 radical (unpaired) electrons. The van der Waals surface area contributed by atoms with Crippen molar-refractivity contribution in [3.63, 3.8) is 0 Å². The van der Waals surface area contributed by atoms with Gasteiger partial charge >= 0.3 is 59.3 Å². The first kappa shape index (κ1) is 22.2. The maximum atomic E-state index is 13.9. The van der Waals surface area contributed by atoms with Crippen LogP contribution in [-0.4, -0.2) is 157 Å². The van der Waals surface area contributed by atoms with E-state index in [2.05, 4.69) is 0 Å². The van der Waals surface area contributed by atoms with Gasteiger partial charge in [-0.3, -0.25) is 19.6 Å². The molecule has 0 aromatic carbocycles. The fraction of sp³-hybridized carbons (Fsp3) is 0.556. The number of hydrazine groups is 2. The third-order valence-corrected chi connectivity index (χ3v) is 8.53. The first-order valence-electron chi connectivity index (χ1n) is 11.3. The average molecular weight is 536 g/mol. The Morgan fingerprint density at radius 1 is 0.447 bits per heavy atom. The van der Waals surface area contributed by atoms with Crippen molar-refractivity contribution < 1.29 is 58.8 Å². The molecule has 0 atom stereocenters. The van der Waals surface area contributed by atoms with Crippen LogP contribution in [-0.2, 0) is 19.2 Å². The third-order valence-electron chi connectivity index (χ3n) is 8.53. The van der Waals surface area contributed by atoms with Gasteiger partial charge < -0.3 is 20.4 Å². The number of carbonyl (C=O) groups is 8. The molecule has 200 valence electrons. The molecule has 8 amide bonds. The molecule has 20 nitrogen and oxygen atoms in total. The number of carboxylic acid groups (broad SMARTS) is 4. The Labute approximate surface area is 208 Å². The third kappa shape index (κ3) is 1.48. The number of fused-ring (bicyclic) bond motifs is 2. The molecule has 0 aromatic heterocycles. The fourth-order valence-electron chi connectivity index (χ4n) is 7.52. The van der Waals surface area contributed by atoms with E-state index in [4.69, 9.17) is 0 Å². The lowest BCUT2D eigenvalue weighted by atomic mass is 9.87. The van der Waals surface area contributed by atoms with Crippen LogP contribution in [0.1, 0.15) is 12.8 Å². The molecule has 0 saturated carbocycles. The number of urea groups is 4. The minimum Gasteiger partial charge on any atom is -0.478 e. The summed E-state index contributed by atoms with van der Waals surface area (Å²) in [4.78, 5) is 110. The van der Waals surface area contributed by atoms with E-state index in [-0.39, 0.29) is 32.9 Å². The van der Waals surface area contributed by atoms with Gasteiger partial charge in [-0.15, -0.1) is 0 Å². The molecule has 7 aliphatic heterocycles. The first-order valence-corrected chi connectivity index (χ1v) is 11.3. The summed E-state index contributed by atoms with van der Waals surface area (Å²) >= 11 is 0. The van der Waals surface area contributed by atoms with Gasteiger partial charge in [-0.25, -0.2) is 38.4 Å². The van der Waals surface area contributed by atoms with Gasteiger partial charge in [-0.05, 0) is 12.8 Å². The van der Waals surface area contributed by atoms with E-state index >= 15 is 0 Å². The van der Waals surface area contributed by atoms with E-state index in [1.54, 1.807) is 0 Å². The summed E-state index contributed by atoms with van der Waals surface area (Å²) in [5, 5.41) is 42.3. The highest BCUT2D eigenvalue weighted by molar-refractivity contribution is 6.15. The summed E-state index contributed by atoms with van der Waals surface area (Å²) in [5.41, 5.74) is -12.9. The molecule has 0 aliphatic carbocycles. The minimum atomic E-state index is -3.41. The van der Waals surface area contributed by atoms with Crippen molar-refractivity contribution in [2.75, 3.05) is 26.2 Å². The van der Waals surface area contributed by atoms with Crippen molar-refractivity contribution in [2.45, 2.75) is 35.5 Å². The van der Waals surface area contributed by atoms with Gasteiger partial charge in [0, 0.05) is 26.2 Å². The van der Waals surface area contributed by atoms with Gasteiger partial charge in [0.2, 0.25) is 0 Å². The van der Waals surface area contributed by atoms with E-state index in [9.17, 15) is 58.8 Å². The molecule has 7 aliphatic rings. The molecular weight excluding hydrogens is 520 g/mol. The maximum Gasteiger partial charge on any atom is 0.360 e. The highest BCUT2D eigenvalue weighted by Gasteiger charge is 3.00. The Kier molecular flexibility index (Phi) is 3.36. The predicted molar refractivity (Wildman–Crippen MR) is 106 cm³/mol. The SMILES string of the molecule is O=C1N2CCCN3C(=O)N4N5C(=O)N6CCCN7C(=O)N(N1C4(C(=O)O)C23C(=O)O)C5(C(=O)O)C76C(=O)O. The van der Waals surface area contributed by atoms with Crippen LogP contribution in [0.5, 0.6) is 0 Å². The molecule has 7 rings (SSSR count). The number of hydrogen-bond acceptors (Lipinski definition) is 8. The van der Waals surface area contributed by atoms with Crippen LogP contribution in [0, 0.1) is 0 Å². The number of hydrogen-bond donors (Lipinski definition) is 4. The van der Waals surface area contributed by atoms with E-state index in [1.807, 2.05) is 0 Å². The Balaban J connectivity index is 1.69. The van der Waals surface area contributed by atoms with Crippen molar-refractivity contribution in [3.05, 3.63) is 0 Å². The van der Waals surface area contributed by atoms with Gasteiger partial charge in [0.1, 0.15) is 0 Å². The molecule has 7 fully saturated rings. The lowest BCUT2D eigenvalue weighted by molar-refractivity contribution is -0.286. The summed E-state index contributed by atoms with van der Waals surface area (Å²) in [5.74, 6) is -8.36. The number of nitrogens with zero attached hydrogens (tertiary/aromatic N) is 8. The lowest BCUT2D eigenvalue weighted by Gasteiger charge is -2.56. The van der Waals surface area contributed by atoms with Crippen LogP contribution in [0.25, 0.3) is 0 Å².